The average molecular weight is 306 g/mol. The highest BCUT2D eigenvalue weighted by Gasteiger charge is 2.19. The molecule has 2 aromatic rings. The third-order valence-corrected chi connectivity index (χ3v) is 3.67. The Labute approximate surface area is 128 Å². The third-order valence-electron chi connectivity index (χ3n) is 3.45. The summed E-state index contributed by atoms with van der Waals surface area (Å²) in [6, 6.07) is 3.81. The minimum Gasteiger partial charge on any atom is -0.480 e. The molecule has 0 aromatic carbocycles. The first-order valence-corrected chi connectivity index (χ1v) is 7.11. The Balaban J connectivity index is 1.65. The highest BCUT2D eigenvalue weighted by Crippen LogP contribution is 2.19. The van der Waals surface area contributed by atoms with Crippen molar-refractivity contribution in [2.24, 2.45) is 0 Å². The number of hydrogen-bond donors (Lipinski definition) is 0. The number of pyridine rings is 1. The fourth-order valence-electron chi connectivity index (χ4n) is 2.31. The summed E-state index contributed by atoms with van der Waals surface area (Å²) in [6.45, 7) is 3.50. The number of anilines is 2. The number of ether oxygens (including phenoxy) is 1. The number of aromatic nitrogens is 3. The summed E-state index contributed by atoms with van der Waals surface area (Å²) in [7, 11) is 1.60. The van der Waals surface area contributed by atoms with Crippen molar-refractivity contribution >= 4 is 23.2 Å². The minimum absolute atomic E-state index is 0.536. The van der Waals surface area contributed by atoms with Crippen LogP contribution in [-0.2, 0) is 0 Å². The number of rotatable bonds is 3. The van der Waals surface area contributed by atoms with Crippen LogP contribution in [-0.4, -0.2) is 48.2 Å². The summed E-state index contributed by atoms with van der Waals surface area (Å²) in [4.78, 5) is 17.3. The van der Waals surface area contributed by atoms with Crippen LogP contribution in [0.2, 0.25) is 5.02 Å². The van der Waals surface area contributed by atoms with Crippen LogP contribution in [0.15, 0.2) is 30.7 Å². The summed E-state index contributed by atoms with van der Waals surface area (Å²) in [5.74, 6) is 2.34. The molecule has 3 rings (SSSR count). The van der Waals surface area contributed by atoms with Gasteiger partial charge < -0.3 is 14.5 Å². The Hall–Kier alpha value is -2.08. The number of halogens is 1. The molecule has 0 saturated carbocycles. The molecule has 0 bridgehead atoms. The molecular weight excluding hydrogens is 290 g/mol. The Kier molecular flexibility index (Phi) is 4.06. The maximum Gasteiger partial charge on any atom is 0.233 e. The van der Waals surface area contributed by atoms with E-state index in [9.17, 15) is 0 Å². The standard InChI is InChI=1S/C14H16ClN5O/c1-21-14-10-16-9-13(18-14)20-6-4-19(5-7-20)12-3-2-11(15)8-17-12/h2-3,8-10H,4-7H2,1H3. The molecule has 0 radical (unpaired) electrons. The first-order chi connectivity index (χ1) is 10.3. The molecule has 21 heavy (non-hydrogen) atoms. The van der Waals surface area contributed by atoms with E-state index in [-0.39, 0.29) is 0 Å². The van der Waals surface area contributed by atoms with Crippen LogP contribution in [0.4, 0.5) is 11.6 Å². The predicted octanol–water partition coefficient (Wildman–Crippen LogP) is 1.86. The van der Waals surface area contributed by atoms with Crippen molar-refractivity contribution in [3.05, 3.63) is 35.7 Å². The fourth-order valence-corrected chi connectivity index (χ4v) is 2.42. The summed E-state index contributed by atoms with van der Waals surface area (Å²) < 4.78 is 5.11. The van der Waals surface area contributed by atoms with Gasteiger partial charge in [-0.3, -0.25) is 4.98 Å². The van der Waals surface area contributed by atoms with Gasteiger partial charge in [0.25, 0.3) is 0 Å². The van der Waals surface area contributed by atoms with E-state index in [2.05, 4.69) is 24.8 Å². The number of piperazine rings is 1. The molecule has 1 fully saturated rings. The number of nitrogens with zero attached hydrogens (tertiary/aromatic N) is 5. The second kappa shape index (κ2) is 6.13. The van der Waals surface area contributed by atoms with E-state index in [1.165, 1.54) is 0 Å². The molecule has 110 valence electrons. The second-order valence-corrected chi connectivity index (χ2v) is 5.16. The SMILES string of the molecule is COc1cncc(N2CCN(c3ccc(Cl)cn3)CC2)n1. The molecule has 7 heteroatoms. The number of methoxy groups -OCH3 is 1. The van der Waals surface area contributed by atoms with Gasteiger partial charge in [0.05, 0.1) is 24.5 Å². The summed E-state index contributed by atoms with van der Waals surface area (Å²) in [6.07, 6.45) is 5.05. The average Bonchev–Trinajstić information content (AvgIpc) is 2.56. The summed E-state index contributed by atoms with van der Waals surface area (Å²) in [5.41, 5.74) is 0. The van der Waals surface area contributed by atoms with Crippen molar-refractivity contribution in [2.45, 2.75) is 0 Å². The molecular formula is C14H16ClN5O. The van der Waals surface area contributed by atoms with Crippen molar-refractivity contribution in [3.63, 3.8) is 0 Å². The first-order valence-electron chi connectivity index (χ1n) is 6.74. The molecule has 0 N–H and O–H groups in total. The molecule has 1 aliphatic rings. The van der Waals surface area contributed by atoms with Gasteiger partial charge in [-0.2, -0.15) is 4.98 Å². The van der Waals surface area contributed by atoms with E-state index < -0.39 is 0 Å². The largest absolute Gasteiger partial charge is 0.480 e. The lowest BCUT2D eigenvalue weighted by atomic mass is 10.3. The molecule has 0 aliphatic carbocycles. The second-order valence-electron chi connectivity index (χ2n) is 4.73. The van der Waals surface area contributed by atoms with E-state index in [1.807, 2.05) is 12.1 Å². The summed E-state index contributed by atoms with van der Waals surface area (Å²) >= 11 is 5.87. The lowest BCUT2D eigenvalue weighted by Gasteiger charge is -2.35. The topological polar surface area (TPSA) is 54.4 Å². The van der Waals surface area contributed by atoms with Crippen LogP contribution >= 0.6 is 11.6 Å². The van der Waals surface area contributed by atoms with Crippen LogP contribution in [0.25, 0.3) is 0 Å². The smallest absolute Gasteiger partial charge is 0.233 e. The lowest BCUT2D eigenvalue weighted by molar-refractivity contribution is 0.395. The maximum absolute atomic E-state index is 5.87. The zero-order valence-electron chi connectivity index (χ0n) is 11.7. The Morgan fingerprint density at radius 1 is 1.00 bits per heavy atom. The van der Waals surface area contributed by atoms with Crippen LogP contribution in [0, 0.1) is 0 Å². The molecule has 6 nitrogen and oxygen atoms in total. The van der Waals surface area contributed by atoms with Gasteiger partial charge in [0.1, 0.15) is 5.82 Å². The van der Waals surface area contributed by atoms with Gasteiger partial charge in [0.2, 0.25) is 5.88 Å². The highest BCUT2D eigenvalue weighted by atomic mass is 35.5. The van der Waals surface area contributed by atoms with Gasteiger partial charge in [-0.05, 0) is 12.1 Å². The Morgan fingerprint density at radius 3 is 2.33 bits per heavy atom. The van der Waals surface area contributed by atoms with Crippen molar-refractivity contribution < 1.29 is 4.74 Å². The Morgan fingerprint density at radius 2 is 1.71 bits per heavy atom. The van der Waals surface area contributed by atoms with Crippen LogP contribution in [0.5, 0.6) is 5.88 Å². The number of hydrogen-bond acceptors (Lipinski definition) is 6. The zero-order chi connectivity index (χ0) is 14.7. The van der Waals surface area contributed by atoms with Crippen molar-refractivity contribution in [1.29, 1.82) is 0 Å². The van der Waals surface area contributed by atoms with Crippen LogP contribution in [0.3, 0.4) is 0 Å². The molecule has 1 saturated heterocycles. The van der Waals surface area contributed by atoms with Gasteiger partial charge >= 0.3 is 0 Å². The summed E-state index contributed by atoms with van der Waals surface area (Å²) in [5, 5.41) is 0.657. The van der Waals surface area contributed by atoms with Crippen LogP contribution < -0.4 is 14.5 Å². The molecule has 0 atom stereocenters. The monoisotopic (exact) mass is 305 g/mol. The third kappa shape index (κ3) is 3.16. The molecule has 0 spiro atoms. The van der Waals surface area contributed by atoms with Gasteiger partial charge in [-0.25, -0.2) is 4.98 Å². The van der Waals surface area contributed by atoms with E-state index in [0.29, 0.717) is 10.9 Å². The van der Waals surface area contributed by atoms with Crippen molar-refractivity contribution in [1.82, 2.24) is 15.0 Å². The highest BCUT2D eigenvalue weighted by molar-refractivity contribution is 6.30. The normalized spacial score (nSPS) is 15.1. The molecule has 1 aliphatic heterocycles. The Bertz CT molecular complexity index is 599. The quantitative estimate of drug-likeness (QED) is 0.863. The van der Waals surface area contributed by atoms with Gasteiger partial charge in [-0.15, -0.1) is 0 Å². The molecule has 2 aromatic heterocycles. The van der Waals surface area contributed by atoms with Gasteiger partial charge in [0.15, 0.2) is 5.82 Å². The van der Waals surface area contributed by atoms with E-state index in [0.717, 1.165) is 37.8 Å². The predicted molar refractivity (Wildman–Crippen MR) is 82.3 cm³/mol. The lowest BCUT2D eigenvalue weighted by Crippen LogP contribution is -2.47. The van der Waals surface area contributed by atoms with Gasteiger partial charge in [0, 0.05) is 32.4 Å². The fraction of sp³-hybridized carbons (Fsp3) is 0.357. The molecule has 3 heterocycles. The first kappa shape index (κ1) is 13.9. The van der Waals surface area contributed by atoms with Crippen molar-refractivity contribution in [3.8, 4) is 5.88 Å². The minimum atomic E-state index is 0.536. The van der Waals surface area contributed by atoms with Crippen LogP contribution in [0.1, 0.15) is 0 Å². The zero-order valence-corrected chi connectivity index (χ0v) is 12.5. The van der Waals surface area contributed by atoms with E-state index in [4.69, 9.17) is 16.3 Å². The van der Waals surface area contributed by atoms with E-state index >= 15 is 0 Å². The van der Waals surface area contributed by atoms with Crippen molar-refractivity contribution in [2.75, 3.05) is 43.1 Å². The van der Waals surface area contributed by atoms with E-state index in [1.54, 1.807) is 25.7 Å². The molecule has 0 unspecified atom stereocenters. The maximum atomic E-state index is 5.87. The van der Waals surface area contributed by atoms with Gasteiger partial charge in [-0.1, -0.05) is 11.6 Å². The molecule has 0 amide bonds.